The van der Waals surface area contributed by atoms with Crippen LogP contribution in [0.2, 0.25) is 0 Å². The fourth-order valence-electron chi connectivity index (χ4n) is 2.00. The first kappa shape index (κ1) is 20.6. The third-order valence-corrected chi connectivity index (χ3v) is 4.89. The van der Waals surface area contributed by atoms with Crippen molar-refractivity contribution in [2.75, 3.05) is 4.43 Å². The normalized spacial score (nSPS) is 20.3. The van der Waals surface area contributed by atoms with Crippen LogP contribution in [0.1, 0.15) is 5.56 Å². The Balaban J connectivity index is 0.00000264. The first-order chi connectivity index (χ1) is 10.3. The predicted octanol–water partition coefficient (Wildman–Crippen LogP) is -2.61. The number of benzene rings is 1. The van der Waals surface area contributed by atoms with Crippen LogP contribution in [0.5, 0.6) is 0 Å². The molecule has 120 valence electrons. The van der Waals surface area contributed by atoms with Gasteiger partial charge in [0.1, 0.15) is 12.6 Å². The van der Waals surface area contributed by atoms with Gasteiger partial charge in [-0.3, -0.25) is 4.79 Å². The van der Waals surface area contributed by atoms with E-state index in [2.05, 4.69) is 5.32 Å². The average molecular weight is 462 g/mol. The number of hydrogen-bond acceptors (Lipinski definition) is 6. The maximum atomic E-state index is 11.7. The minimum absolute atomic E-state index is 0. The van der Waals surface area contributed by atoms with Gasteiger partial charge in [-0.05, 0) is 5.56 Å². The number of nitrogens with zero attached hydrogens (tertiary/aromatic N) is 1. The number of carbonyl (C=O) groups is 2. The summed E-state index contributed by atoms with van der Waals surface area (Å²) < 4.78 is 38.2. The average Bonchev–Trinajstić information content (AvgIpc) is 2.47. The second-order valence-corrected chi connectivity index (χ2v) is 6.63. The molecule has 1 aliphatic heterocycles. The molecule has 2 atom stereocenters. The van der Waals surface area contributed by atoms with E-state index in [1.54, 1.807) is 24.3 Å². The summed E-state index contributed by atoms with van der Waals surface area (Å²) in [6.45, 7) is 0.0199. The van der Waals surface area contributed by atoms with E-state index in [9.17, 15) is 22.6 Å². The molecule has 0 bridgehead atoms. The van der Waals surface area contributed by atoms with Gasteiger partial charge < -0.3 is 14.6 Å². The molecular weight excluding hydrogens is 450 g/mol. The Morgan fingerprint density at radius 2 is 1.96 bits per heavy atom. The van der Waals surface area contributed by atoms with E-state index < -0.39 is 34.4 Å². The molecule has 1 fully saturated rings. The first-order valence-corrected chi connectivity index (χ1v) is 9.06. The van der Waals surface area contributed by atoms with E-state index in [1.165, 1.54) is 0 Å². The van der Waals surface area contributed by atoms with Gasteiger partial charge in [-0.2, -0.15) is 0 Å². The number of carbonyl (C=O) groups excluding carboxylic acids is 2. The Morgan fingerprint density at radius 3 is 2.48 bits per heavy atom. The summed E-state index contributed by atoms with van der Waals surface area (Å²) in [6, 6.07) is 6.97. The van der Waals surface area contributed by atoms with E-state index >= 15 is 0 Å². The van der Waals surface area contributed by atoms with Gasteiger partial charge >= 0.3 is 35.7 Å². The minimum atomic E-state index is -4.86. The van der Waals surface area contributed by atoms with Crippen LogP contribution in [0, 0.1) is 0 Å². The van der Waals surface area contributed by atoms with Crippen LogP contribution in [-0.4, -0.2) is 45.8 Å². The summed E-state index contributed by atoms with van der Waals surface area (Å²) in [6.07, 6.45) is -0.847. The molecule has 0 aromatic heterocycles. The monoisotopic (exact) mass is 462 g/mol. The van der Waals surface area contributed by atoms with Gasteiger partial charge in [-0.25, -0.2) is 17.5 Å². The van der Waals surface area contributed by atoms with Crippen molar-refractivity contribution in [2.24, 2.45) is 0 Å². The van der Waals surface area contributed by atoms with E-state index in [0.29, 0.717) is 0 Å². The Labute approximate surface area is 169 Å². The zero-order valence-corrected chi connectivity index (χ0v) is 17.1. The summed E-state index contributed by atoms with van der Waals surface area (Å²) in [4.78, 5) is 23.3. The minimum Gasteiger partial charge on any atom is -0.731 e. The van der Waals surface area contributed by atoms with Gasteiger partial charge in [0.05, 0.1) is 6.04 Å². The third kappa shape index (κ3) is 5.03. The van der Waals surface area contributed by atoms with Gasteiger partial charge in [0.15, 0.2) is 10.3 Å². The summed E-state index contributed by atoms with van der Waals surface area (Å²) >= 11 is 1.83. The van der Waals surface area contributed by atoms with E-state index in [0.717, 1.165) is 5.56 Å². The van der Waals surface area contributed by atoms with E-state index in [-0.39, 0.29) is 44.9 Å². The van der Waals surface area contributed by atoms with Crippen molar-refractivity contribution in [3.8, 4) is 0 Å². The topological polar surface area (TPSA) is 116 Å². The largest absolute Gasteiger partial charge is 1.00 e. The van der Waals surface area contributed by atoms with Crippen LogP contribution < -0.4 is 34.9 Å². The van der Waals surface area contributed by atoms with Crippen molar-refractivity contribution in [1.82, 2.24) is 9.62 Å². The molecule has 0 unspecified atom stereocenters. The molecule has 1 heterocycles. The summed E-state index contributed by atoms with van der Waals surface area (Å²) in [7, 11) is -4.86. The number of β-lactam (4-membered cyclic amide) rings is 1. The quantitative estimate of drug-likeness (QED) is 0.169. The maximum absolute atomic E-state index is 11.7. The summed E-state index contributed by atoms with van der Waals surface area (Å²) in [5.74, 6) is -0.951. The van der Waals surface area contributed by atoms with Gasteiger partial charge in [-0.1, -0.05) is 52.9 Å². The smallest absolute Gasteiger partial charge is 0.731 e. The molecule has 2 amide bonds. The fourth-order valence-corrected chi connectivity index (χ4v) is 4.03. The molecule has 1 N–H and O–H groups in total. The van der Waals surface area contributed by atoms with E-state index in [4.69, 9.17) is 4.74 Å². The molecule has 8 nitrogen and oxygen atoms in total. The van der Waals surface area contributed by atoms with Crippen LogP contribution in [0.25, 0.3) is 0 Å². The summed E-state index contributed by atoms with van der Waals surface area (Å²) in [5, 5.41) is 2.28. The molecule has 0 aliphatic carbocycles. The molecule has 11 heteroatoms. The Kier molecular flexibility index (Phi) is 7.74. The Bertz CT molecular complexity index is 671. The van der Waals surface area contributed by atoms with Crippen LogP contribution in [0.15, 0.2) is 30.3 Å². The van der Waals surface area contributed by atoms with Crippen molar-refractivity contribution in [1.29, 1.82) is 0 Å². The Morgan fingerprint density at radius 1 is 1.35 bits per heavy atom. The number of nitrogens with one attached hydrogen (secondary N) is 1. The van der Waals surface area contributed by atoms with Crippen LogP contribution >= 0.6 is 22.6 Å². The molecule has 1 aromatic rings. The first-order valence-electron chi connectivity index (χ1n) is 6.17. The SMILES string of the molecule is O=C(N[C@H]1C(=O)N(S(=O)(=O)[O-])[C@H]1CI)OCc1ccccc1.[Na+]. The molecule has 23 heavy (non-hydrogen) atoms. The molecule has 2 rings (SSSR count). The molecular formula is C12H12IN2NaO6S. The zero-order chi connectivity index (χ0) is 16.3. The Hall–Kier alpha value is -0.400. The van der Waals surface area contributed by atoms with E-state index in [1.807, 2.05) is 28.7 Å². The van der Waals surface area contributed by atoms with Crippen LogP contribution in [0.3, 0.4) is 0 Å². The number of alkyl halides is 1. The van der Waals surface area contributed by atoms with Crippen molar-refractivity contribution in [3.05, 3.63) is 35.9 Å². The van der Waals surface area contributed by atoms with Gasteiger partial charge in [0.2, 0.25) is 0 Å². The second-order valence-electron chi connectivity index (χ2n) is 4.50. The molecule has 0 saturated carbocycles. The third-order valence-electron chi connectivity index (χ3n) is 3.05. The number of hydrogen-bond donors (Lipinski definition) is 1. The molecule has 0 spiro atoms. The molecule has 0 radical (unpaired) electrons. The predicted molar refractivity (Wildman–Crippen MR) is 82.8 cm³/mol. The van der Waals surface area contributed by atoms with Crippen LogP contribution in [-0.2, 0) is 26.4 Å². The zero-order valence-electron chi connectivity index (χ0n) is 12.1. The standard InChI is InChI=1S/C12H13IN2O6S.Na/c13-6-9-10(11(16)15(9)22(18,19)20)14-12(17)21-7-8-4-2-1-3-5-8;/h1-5,9-10H,6-7H2,(H,14,17)(H,18,19,20);/q;+1/p-1/t9-,10+;/m0./s1. The van der Waals surface area contributed by atoms with Crippen molar-refractivity contribution in [3.63, 3.8) is 0 Å². The number of alkyl carbamates (subject to hydrolysis) is 1. The molecule has 1 saturated heterocycles. The molecule has 1 aliphatic rings. The summed E-state index contributed by atoms with van der Waals surface area (Å²) in [5.41, 5.74) is 0.770. The fraction of sp³-hybridized carbons (Fsp3) is 0.333. The van der Waals surface area contributed by atoms with Crippen LogP contribution in [0.4, 0.5) is 4.79 Å². The van der Waals surface area contributed by atoms with Crippen molar-refractivity contribution in [2.45, 2.75) is 18.7 Å². The number of amides is 2. The second kappa shape index (κ2) is 8.62. The number of ether oxygens (including phenoxy) is 1. The molecule has 1 aromatic carbocycles. The van der Waals surface area contributed by atoms with Crippen molar-refractivity contribution < 1.29 is 56.9 Å². The van der Waals surface area contributed by atoms with Gasteiger partial charge in [0.25, 0.3) is 5.91 Å². The van der Waals surface area contributed by atoms with Crippen molar-refractivity contribution >= 4 is 44.9 Å². The number of halogens is 1. The maximum Gasteiger partial charge on any atom is 1.00 e. The number of rotatable bonds is 5. The van der Waals surface area contributed by atoms with Gasteiger partial charge in [-0.15, -0.1) is 0 Å². The van der Waals surface area contributed by atoms with Gasteiger partial charge in [0, 0.05) is 4.43 Å².